The van der Waals surface area contributed by atoms with Gasteiger partial charge in [-0.05, 0) is 19.6 Å². The van der Waals surface area contributed by atoms with Gasteiger partial charge >= 0.3 is 25.6 Å². The zero-order chi connectivity index (χ0) is 18.6. The summed E-state index contributed by atoms with van der Waals surface area (Å²) >= 11 is 0.321. The Morgan fingerprint density at radius 1 is 1.30 bits per heavy atom. The minimum absolute atomic E-state index is 0.0912. The van der Waals surface area contributed by atoms with Gasteiger partial charge in [0.2, 0.25) is 4.74 Å². The molecule has 0 aromatic rings. The van der Waals surface area contributed by atoms with Crippen LogP contribution in [0.5, 0.6) is 0 Å². The number of nitrogens with one attached hydrogen (secondary N) is 1. The van der Waals surface area contributed by atoms with Crippen LogP contribution in [-0.4, -0.2) is 60.9 Å². The Hall–Kier alpha value is -0.810. The highest BCUT2D eigenvalue weighted by molar-refractivity contribution is 8.06. The molecule has 0 aromatic carbocycles. The summed E-state index contributed by atoms with van der Waals surface area (Å²) in [4.78, 5) is 41.2. The standard InChI is InChI=1S/C10H18F3N2O6PS/c1-4-23-10(14-6(2)3,22(19,20)21)15(5-7(16)17)8(18)9(11,12)13/h6,14H,4-5H2,1-3H3,(H,16,17)(H2,19,20,21). The number of carboxylic acids is 1. The monoisotopic (exact) mass is 382 g/mol. The molecule has 1 atom stereocenters. The summed E-state index contributed by atoms with van der Waals surface area (Å²) in [6.07, 6.45) is -5.50. The smallest absolute Gasteiger partial charge is 0.471 e. The van der Waals surface area contributed by atoms with Crippen LogP contribution in [0.2, 0.25) is 0 Å². The van der Waals surface area contributed by atoms with Gasteiger partial charge in [-0.25, -0.2) is 0 Å². The molecule has 0 rings (SSSR count). The van der Waals surface area contributed by atoms with E-state index < -0.39 is 43.0 Å². The van der Waals surface area contributed by atoms with E-state index in [0.717, 1.165) is 0 Å². The molecule has 0 aromatic heterocycles. The van der Waals surface area contributed by atoms with Crippen molar-refractivity contribution in [2.24, 2.45) is 0 Å². The highest BCUT2D eigenvalue weighted by atomic mass is 32.2. The number of alkyl halides is 3. The minimum Gasteiger partial charge on any atom is -0.480 e. The number of amides is 1. The third kappa shape index (κ3) is 5.64. The summed E-state index contributed by atoms with van der Waals surface area (Å²) < 4.78 is 47.4. The molecule has 1 amide bonds. The van der Waals surface area contributed by atoms with Crippen molar-refractivity contribution in [1.82, 2.24) is 10.2 Å². The second-order valence-corrected chi connectivity index (χ2v) is 8.16. The lowest BCUT2D eigenvalue weighted by Gasteiger charge is -2.43. The maximum absolute atomic E-state index is 12.8. The zero-order valence-corrected chi connectivity index (χ0v) is 14.2. The van der Waals surface area contributed by atoms with Gasteiger partial charge in [0, 0.05) is 6.04 Å². The maximum atomic E-state index is 12.8. The molecule has 0 heterocycles. The number of aliphatic carboxylic acids is 1. The quantitative estimate of drug-likeness (QED) is 0.362. The predicted molar refractivity (Wildman–Crippen MR) is 76.6 cm³/mol. The molecule has 13 heteroatoms. The Morgan fingerprint density at radius 3 is 2.04 bits per heavy atom. The van der Waals surface area contributed by atoms with Crippen LogP contribution in [0.4, 0.5) is 13.2 Å². The fourth-order valence-electron chi connectivity index (χ4n) is 1.71. The molecular weight excluding hydrogens is 364 g/mol. The molecule has 0 aliphatic rings. The first-order valence-electron chi connectivity index (χ1n) is 6.27. The van der Waals surface area contributed by atoms with Crippen molar-refractivity contribution < 1.29 is 42.2 Å². The third-order valence-electron chi connectivity index (χ3n) is 2.36. The molecule has 8 nitrogen and oxygen atoms in total. The molecule has 0 saturated heterocycles. The number of rotatable bonds is 8. The minimum atomic E-state index is -5.50. The van der Waals surface area contributed by atoms with Crippen LogP contribution in [0.1, 0.15) is 20.8 Å². The van der Waals surface area contributed by atoms with Crippen molar-refractivity contribution >= 4 is 31.2 Å². The van der Waals surface area contributed by atoms with E-state index in [1.165, 1.54) is 20.8 Å². The third-order valence-corrected chi connectivity index (χ3v) is 5.65. The van der Waals surface area contributed by atoms with Crippen molar-refractivity contribution in [2.75, 3.05) is 12.3 Å². The van der Waals surface area contributed by atoms with E-state index in [9.17, 15) is 37.1 Å². The topological polar surface area (TPSA) is 127 Å². The molecule has 0 spiro atoms. The number of nitrogens with zero attached hydrogens (tertiary/aromatic N) is 1. The highest BCUT2D eigenvalue weighted by Crippen LogP contribution is 2.57. The first-order valence-corrected chi connectivity index (χ1v) is 8.86. The van der Waals surface area contributed by atoms with Gasteiger partial charge in [0.15, 0.2) is 0 Å². The van der Waals surface area contributed by atoms with Gasteiger partial charge in [-0.2, -0.15) is 13.2 Å². The molecule has 0 radical (unpaired) electrons. The Balaban J connectivity index is 6.34. The SMILES string of the molecule is CCSC(NC(C)C)(N(CC(=O)O)C(=O)C(F)(F)F)P(=O)(O)O. The Morgan fingerprint density at radius 2 is 1.78 bits per heavy atom. The lowest BCUT2D eigenvalue weighted by atomic mass is 10.4. The molecule has 1 unspecified atom stereocenters. The van der Waals surface area contributed by atoms with Crippen LogP contribution < -0.4 is 5.32 Å². The van der Waals surface area contributed by atoms with Gasteiger partial charge in [0.05, 0.1) is 0 Å². The lowest BCUT2D eigenvalue weighted by molar-refractivity contribution is -0.189. The average Bonchev–Trinajstić information content (AvgIpc) is 2.31. The van der Waals surface area contributed by atoms with E-state index in [1.54, 1.807) is 0 Å². The largest absolute Gasteiger partial charge is 0.480 e. The molecule has 23 heavy (non-hydrogen) atoms. The fourth-order valence-corrected chi connectivity index (χ4v) is 4.69. The fraction of sp³-hybridized carbons (Fsp3) is 0.800. The molecule has 0 bridgehead atoms. The van der Waals surface area contributed by atoms with Gasteiger partial charge in [0.25, 0.3) is 0 Å². The predicted octanol–water partition coefficient (Wildman–Crippen LogP) is 1.00. The summed E-state index contributed by atoms with van der Waals surface area (Å²) in [5.74, 6) is -4.59. The van der Waals surface area contributed by atoms with Crippen LogP contribution in [0.15, 0.2) is 0 Å². The van der Waals surface area contributed by atoms with Crippen molar-refractivity contribution in [1.29, 1.82) is 0 Å². The zero-order valence-electron chi connectivity index (χ0n) is 12.5. The van der Waals surface area contributed by atoms with Gasteiger partial charge in [0.1, 0.15) is 6.54 Å². The van der Waals surface area contributed by atoms with Gasteiger partial charge in [-0.3, -0.25) is 24.4 Å². The van der Waals surface area contributed by atoms with Crippen molar-refractivity contribution in [2.45, 2.75) is 37.7 Å². The molecule has 0 saturated carbocycles. The lowest BCUT2D eigenvalue weighted by Crippen LogP contribution is -2.63. The number of hydrogen-bond donors (Lipinski definition) is 4. The highest BCUT2D eigenvalue weighted by Gasteiger charge is 2.59. The first-order chi connectivity index (χ1) is 10.2. The van der Waals surface area contributed by atoms with Gasteiger partial charge in [-0.15, -0.1) is 11.8 Å². The molecule has 0 aliphatic heterocycles. The van der Waals surface area contributed by atoms with Crippen molar-refractivity contribution in [3.05, 3.63) is 0 Å². The Bertz CT molecular complexity index is 497. The van der Waals surface area contributed by atoms with E-state index in [0.29, 0.717) is 11.8 Å². The van der Waals surface area contributed by atoms with Crippen molar-refractivity contribution in [3.8, 4) is 0 Å². The van der Waals surface area contributed by atoms with E-state index in [4.69, 9.17) is 5.11 Å². The number of hydrogen-bond acceptors (Lipinski definition) is 5. The van der Waals surface area contributed by atoms with Crippen LogP contribution in [-0.2, 0) is 14.2 Å². The second-order valence-electron chi connectivity index (χ2n) is 4.67. The second kappa shape index (κ2) is 7.84. The average molecular weight is 382 g/mol. The number of thioether (sulfide) groups is 1. The summed E-state index contributed by atoms with van der Waals surface area (Å²) in [5, 5.41) is 11.0. The molecule has 136 valence electrons. The van der Waals surface area contributed by atoms with Crippen LogP contribution >= 0.6 is 19.4 Å². The Kier molecular flexibility index (Phi) is 7.57. The summed E-state index contributed by atoms with van der Waals surface area (Å²) in [7, 11) is -5.42. The van der Waals surface area contributed by atoms with Crippen LogP contribution in [0.3, 0.4) is 0 Å². The molecule has 0 fully saturated rings. The van der Waals surface area contributed by atoms with Crippen LogP contribution in [0, 0.1) is 0 Å². The summed E-state index contributed by atoms with van der Waals surface area (Å²) in [6, 6.07) is -0.751. The maximum Gasteiger partial charge on any atom is 0.471 e. The summed E-state index contributed by atoms with van der Waals surface area (Å²) in [6.45, 7) is 2.64. The first kappa shape index (κ1) is 22.2. The molecule has 0 aliphatic carbocycles. The number of halogens is 3. The van der Waals surface area contributed by atoms with E-state index in [1.807, 2.05) is 0 Å². The normalized spacial score (nSPS) is 15.3. The van der Waals surface area contributed by atoms with Gasteiger partial charge < -0.3 is 14.9 Å². The Labute approximate surface area is 134 Å². The van der Waals surface area contributed by atoms with Gasteiger partial charge in [-0.1, -0.05) is 6.92 Å². The number of carbonyl (C=O) groups excluding carboxylic acids is 1. The van der Waals surface area contributed by atoms with E-state index in [2.05, 4.69) is 5.32 Å². The molecular formula is C10H18F3N2O6PS. The van der Waals surface area contributed by atoms with Crippen molar-refractivity contribution in [3.63, 3.8) is 0 Å². The van der Waals surface area contributed by atoms with E-state index in [-0.39, 0.29) is 10.7 Å². The van der Waals surface area contributed by atoms with Crippen LogP contribution in [0.25, 0.3) is 0 Å². The number of carboxylic acid groups (broad SMARTS) is 1. The molecule has 4 N–H and O–H groups in total. The summed E-state index contributed by atoms with van der Waals surface area (Å²) in [5.41, 5.74) is 0. The number of carbonyl (C=O) groups is 2. The van der Waals surface area contributed by atoms with E-state index >= 15 is 0 Å².